The Bertz CT molecular complexity index is 1400. The summed E-state index contributed by atoms with van der Waals surface area (Å²) in [6.45, 7) is -0.335. The van der Waals surface area contributed by atoms with E-state index >= 15 is 0 Å². The van der Waals surface area contributed by atoms with E-state index in [9.17, 15) is 35.9 Å². The number of nitrogens with zero attached hydrogens (tertiary/aromatic N) is 4. The van der Waals surface area contributed by atoms with E-state index in [1.54, 1.807) is 31.3 Å². The van der Waals surface area contributed by atoms with Gasteiger partial charge in [0.05, 0.1) is 24.4 Å². The van der Waals surface area contributed by atoms with Crippen molar-refractivity contribution in [3.05, 3.63) is 60.1 Å². The molecule has 0 radical (unpaired) electrons. The fourth-order valence-electron chi connectivity index (χ4n) is 4.46. The molecule has 1 fully saturated rings. The highest BCUT2D eigenvalue weighted by atomic mass is 19.4. The van der Waals surface area contributed by atoms with Gasteiger partial charge >= 0.3 is 12.4 Å². The molecule has 2 aromatic carbocycles. The van der Waals surface area contributed by atoms with Gasteiger partial charge in [0.1, 0.15) is 18.8 Å². The molecule has 3 aromatic rings. The van der Waals surface area contributed by atoms with Crippen LogP contribution >= 0.6 is 0 Å². The summed E-state index contributed by atoms with van der Waals surface area (Å²) in [6, 6.07) is 8.39. The molecule has 0 spiro atoms. The number of hydrogen-bond acceptors (Lipinski definition) is 6. The van der Waals surface area contributed by atoms with Crippen molar-refractivity contribution in [3.8, 4) is 17.1 Å². The number of hydrogen-bond donors (Lipinski definition) is 0. The molecule has 1 aliphatic heterocycles. The summed E-state index contributed by atoms with van der Waals surface area (Å²) < 4.78 is 90.6. The Morgan fingerprint density at radius 3 is 2.46 bits per heavy atom. The van der Waals surface area contributed by atoms with E-state index in [0.29, 0.717) is 40.8 Å². The third kappa shape index (κ3) is 7.30. The van der Waals surface area contributed by atoms with Crippen molar-refractivity contribution in [1.82, 2.24) is 9.88 Å². The average Bonchev–Trinajstić information content (AvgIpc) is 3.26. The van der Waals surface area contributed by atoms with Gasteiger partial charge in [0, 0.05) is 50.4 Å². The molecule has 0 N–H and O–H groups in total. The van der Waals surface area contributed by atoms with Gasteiger partial charge in [-0.25, -0.2) is 4.98 Å². The van der Waals surface area contributed by atoms with E-state index in [4.69, 9.17) is 9.15 Å². The zero-order chi connectivity index (χ0) is 29.9. The second kappa shape index (κ2) is 11.7. The number of alkyl halides is 6. The summed E-state index contributed by atoms with van der Waals surface area (Å²) in [4.78, 5) is 33.1. The molecule has 0 saturated carbocycles. The molecule has 1 aromatic heterocycles. The highest BCUT2D eigenvalue weighted by Gasteiger charge is 2.37. The molecule has 2 amide bonds. The first-order valence-corrected chi connectivity index (χ1v) is 12.4. The zero-order valence-electron chi connectivity index (χ0n) is 22.1. The van der Waals surface area contributed by atoms with Crippen molar-refractivity contribution >= 4 is 23.2 Å². The first-order valence-electron chi connectivity index (χ1n) is 12.4. The molecular weight excluding hydrogens is 558 g/mol. The van der Waals surface area contributed by atoms with Crippen LogP contribution in [0.25, 0.3) is 11.3 Å². The molecule has 2 heterocycles. The molecule has 0 aliphatic carbocycles. The van der Waals surface area contributed by atoms with Crippen LogP contribution in [0.15, 0.2) is 53.1 Å². The minimum absolute atomic E-state index is 0.00160. The number of carbonyl (C=O) groups excluding carboxylic acids is 2. The topological polar surface area (TPSA) is 79.1 Å². The lowest BCUT2D eigenvalue weighted by molar-refractivity contribution is -0.138. The minimum Gasteiger partial charge on any atom is -0.496 e. The van der Waals surface area contributed by atoms with Crippen molar-refractivity contribution in [2.45, 2.75) is 25.7 Å². The van der Waals surface area contributed by atoms with Gasteiger partial charge in [-0.05, 0) is 30.3 Å². The second-order valence-corrected chi connectivity index (χ2v) is 9.32. The maximum Gasteiger partial charge on any atom is 0.416 e. The van der Waals surface area contributed by atoms with Crippen LogP contribution in [0.1, 0.15) is 17.9 Å². The van der Waals surface area contributed by atoms with Gasteiger partial charge in [0.15, 0.2) is 11.7 Å². The summed E-state index contributed by atoms with van der Waals surface area (Å²) in [5.41, 5.74) is -0.406. The van der Waals surface area contributed by atoms with Crippen LogP contribution in [0.3, 0.4) is 0 Å². The van der Waals surface area contributed by atoms with Crippen molar-refractivity contribution in [1.29, 1.82) is 0 Å². The lowest BCUT2D eigenvalue weighted by atomic mass is 10.1. The Hall–Kier alpha value is -4.23. The van der Waals surface area contributed by atoms with Crippen molar-refractivity contribution in [2.24, 2.45) is 0 Å². The first-order chi connectivity index (χ1) is 19.2. The Kier molecular flexibility index (Phi) is 8.50. The summed E-state index contributed by atoms with van der Waals surface area (Å²) in [5.74, 6) is -0.154. The van der Waals surface area contributed by atoms with E-state index in [1.165, 1.54) is 7.11 Å². The van der Waals surface area contributed by atoms with Crippen molar-refractivity contribution in [2.75, 3.05) is 49.6 Å². The maximum absolute atomic E-state index is 13.3. The zero-order valence-corrected chi connectivity index (χ0v) is 22.1. The summed E-state index contributed by atoms with van der Waals surface area (Å²) in [7, 11) is 1.49. The average molecular weight is 585 g/mol. The van der Waals surface area contributed by atoms with E-state index in [-0.39, 0.29) is 31.0 Å². The molecular formula is C27H26F6N4O4. The van der Waals surface area contributed by atoms with Gasteiger partial charge in [-0.2, -0.15) is 26.3 Å². The number of ether oxygens (including phenoxy) is 1. The predicted octanol–water partition coefficient (Wildman–Crippen LogP) is 5.31. The Morgan fingerprint density at radius 2 is 1.83 bits per heavy atom. The first kappa shape index (κ1) is 29.7. The molecule has 14 heteroatoms. The Balaban J connectivity index is 1.51. The Morgan fingerprint density at radius 1 is 1.07 bits per heavy atom. The number of benzene rings is 2. The quantitative estimate of drug-likeness (QED) is 0.351. The third-order valence-corrected chi connectivity index (χ3v) is 6.47. The van der Waals surface area contributed by atoms with Crippen LogP contribution in [0.5, 0.6) is 5.75 Å². The maximum atomic E-state index is 13.3. The van der Waals surface area contributed by atoms with Crippen LogP contribution < -0.4 is 14.5 Å². The molecule has 0 atom stereocenters. The fourth-order valence-corrected chi connectivity index (χ4v) is 4.46. The van der Waals surface area contributed by atoms with Crippen molar-refractivity contribution in [3.63, 3.8) is 0 Å². The summed E-state index contributed by atoms with van der Waals surface area (Å²) >= 11 is 0. The number of aromatic nitrogens is 1. The number of amides is 2. The van der Waals surface area contributed by atoms with E-state index in [2.05, 4.69) is 4.98 Å². The number of oxazole rings is 1. The number of halogens is 6. The van der Waals surface area contributed by atoms with E-state index < -0.39 is 48.5 Å². The van der Waals surface area contributed by atoms with Gasteiger partial charge in [0.2, 0.25) is 11.8 Å². The lowest BCUT2D eigenvalue weighted by Gasteiger charge is -2.28. The molecule has 0 bridgehead atoms. The molecule has 220 valence electrons. The monoisotopic (exact) mass is 584 g/mol. The highest BCUT2D eigenvalue weighted by Crippen LogP contribution is 2.35. The highest BCUT2D eigenvalue weighted by molar-refractivity contribution is 5.97. The predicted molar refractivity (Wildman–Crippen MR) is 136 cm³/mol. The fraction of sp³-hybridized carbons (Fsp3) is 0.370. The molecule has 1 aliphatic rings. The molecule has 0 unspecified atom stereocenters. The number of aryl methyl sites for hydroxylation is 1. The van der Waals surface area contributed by atoms with Gasteiger partial charge in [0.25, 0.3) is 0 Å². The summed E-state index contributed by atoms with van der Waals surface area (Å²) in [6.07, 6.45) is -8.18. The normalized spacial score (nSPS) is 14.7. The van der Waals surface area contributed by atoms with Gasteiger partial charge < -0.3 is 23.9 Å². The van der Waals surface area contributed by atoms with Crippen LogP contribution in [-0.2, 0) is 15.8 Å². The third-order valence-electron chi connectivity index (χ3n) is 6.47. The number of rotatable bonds is 7. The standard InChI is InChI=1S/C27H26F6N4O4/c1-17-34-14-23(41-17)21-7-6-19(13-22(21)40-2)35-9-8-24(38)36(11-10-35)15-25(39)37(16-26(28,29)30)20-5-3-4-18(12-20)27(31,32)33/h3-7,12-14H,8-11,15-16H2,1-2H3. The Labute approximate surface area is 231 Å². The van der Waals surface area contributed by atoms with Crippen LogP contribution in [0.2, 0.25) is 0 Å². The number of anilines is 2. The van der Waals surface area contributed by atoms with Crippen LogP contribution in [-0.4, -0.2) is 67.7 Å². The van der Waals surface area contributed by atoms with Crippen molar-refractivity contribution < 1.29 is 45.1 Å². The molecule has 1 saturated heterocycles. The lowest BCUT2D eigenvalue weighted by Crippen LogP contribution is -2.46. The summed E-state index contributed by atoms with van der Waals surface area (Å²) in [5, 5.41) is 0. The molecule has 4 rings (SSSR count). The van der Waals surface area contributed by atoms with Gasteiger partial charge in [-0.1, -0.05) is 6.07 Å². The number of methoxy groups -OCH3 is 1. The van der Waals surface area contributed by atoms with Crippen LogP contribution in [0.4, 0.5) is 37.7 Å². The molecule has 8 nitrogen and oxygen atoms in total. The van der Waals surface area contributed by atoms with E-state index in [0.717, 1.165) is 17.0 Å². The van der Waals surface area contributed by atoms with Gasteiger partial charge in [-0.3, -0.25) is 9.59 Å². The van der Waals surface area contributed by atoms with Crippen LogP contribution in [0, 0.1) is 6.92 Å². The SMILES string of the molecule is COc1cc(N2CCC(=O)N(CC(=O)N(CC(F)(F)F)c3cccc(C(F)(F)F)c3)CC2)ccc1-c1cnc(C)o1. The van der Waals surface area contributed by atoms with Gasteiger partial charge in [-0.15, -0.1) is 0 Å². The smallest absolute Gasteiger partial charge is 0.416 e. The largest absolute Gasteiger partial charge is 0.496 e. The number of carbonyl (C=O) groups is 2. The molecule has 41 heavy (non-hydrogen) atoms. The van der Waals surface area contributed by atoms with E-state index in [1.807, 2.05) is 4.90 Å². The minimum atomic E-state index is -4.89. The second-order valence-electron chi connectivity index (χ2n) is 9.32.